The quantitative estimate of drug-likeness (QED) is 0.777. The van der Waals surface area contributed by atoms with Crippen molar-refractivity contribution in [3.05, 3.63) is 60.4 Å². The van der Waals surface area contributed by atoms with E-state index < -0.39 is 0 Å². The third-order valence-corrected chi connectivity index (χ3v) is 4.49. The minimum Gasteiger partial charge on any atom is -0.340 e. The number of aromatic nitrogens is 5. The maximum Gasteiger partial charge on any atom is 0.225 e. The first kappa shape index (κ1) is 16.4. The summed E-state index contributed by atoms with van der Waals surface area (Å²) < 4.78 is 0. The molecule has 0 saturated carbocycles. The standard InChI is InChI=1S/C19H21N7/c1-14-5-2-7-17(24-14)25-18-12-22-16(11-23-18)15-6-3-10-26(13-15)19-20-8-4-9-21-19/h2,4-5,7-9,11-12,15H,3,6,10,13H2,1H3,(H,23,24,25). The number of nitrogens with one attached hydrogen (secondary N) is 1. The van der Waals surface area contributed by atoms with E-state index in [-0.39, 0.29) is 0 Å². The van der Waals surface area contributed by atoms with Gasteiger partial charge in [0, 0.05) is 37.1 Å². The van der Waals surface area contributed by atoms with Gasteiger partial charge in [0.2, 0.25) is 5.95 Å². The van der Waals surface area contributed by atoms with E-state index in [0.29, 0.717) is 11.7 Å². The second-order valence-electron chi connectivity index (χ2n) is 6.45. The maximum atomic E-state index is 4.63. The molecule has 132 valence electrons. The van der Waals surface area contributed by atoms with E-state index in [0.717, 1.165) is 49.1 Å². The van der Waals surface area contributed by atoms with Crippen LogP contribution in [0.5, 0.6) is 0 Å². The molecule has 0 aliphatic carbocycles. The summed E-state index contributed by atoms with van der Waals surface area (Å²) in [6.45, 7) is 3.81. The Hall–Kier alpha value is -3.09. The number of piperidine rings is 1. The Morgan fingerprint density at radius 3 is 2.65 bits per heavy atom. The number of pyridine rings is 1. The van der Waals surface area contributed by atoms with Gasteiger partial charge in [-0.2, -0.15) is 0 Å². The lowest BCUT2D eigenvalue weighted by Gasteiger charge is -2.32. The summed E-state index contributed by atoms with van der Waals surface area (Å²) >= 11 is 0. The Morgan fingerprint density at radius 2 is 1.88 bits per heavy atom. The van der Waals surface area contributed by atoms with Crippen molar-refractivity contribution in [2.45, 2.75) is 25.7 Å². The second kappa shape index (κ2) is 7.43. The van der Waals surface area contributed by atoms with Gasteiger partial charge in [0.05, 0.1) is 18.1 Å². The normalized spacial score (nSPS) is 17.1. The van der Waals surface area contributed by atoms with Crippen LogP contribution in [0, 0.1) is 6.92 Å². The molecule has 0 amide bonds. The SMILES string of the molecule is Cc1cccc(Nc2cnc(C3CCCN(c4ncccn4)C3)cn2)n1. The van der Waals surface area contributed by atoms with Crippen molar-refractivity contribution in [1.29, 1.82) is 0 Å². The van der Waals surface area contributed by atoms with Gasteiger partial charge in [-0.25, -0.2) is 19.9 Å². The number of rotatable bonds is 4. The molecule has 3 aromatic rings. The Labute approximate surface area is 152 Å². The lowest BCUT2D eigenvalue weighted by atomic mass is 9.95. The molecule has 0 bridgehead atoms. The summed E-state index contributed by atoms with van der Waals surface area (Å²) in [7, 11) is 0. The first-order valence-corrected chi connectivity index (χ1v) is 8.82. The summed E-state index contributed by atoms with van der Waals surface area (Å²) in [5.74, 6) is 2.60. The maximum absolute atomic E-state index is 4.63. The van der Waals surface area contributed by atoms with Crippen molar-refractivity contribution in [2.75, 3.05) is 23.3 Å². The van der Waals surface area contributed by atoms with Crippen LogP contribution >= 0.6 is 0 Å². The Morgan fingerprint density at radius 1 is 1.00 bits per heavy atom. The number of anilines is 3. The highest BCUT2D eigenvalue weighted by Crippen LogP contribution is 2.27. The first-order valence-electron chi connectivity index (χ1n) is 8.82. The van der Waals surface area contributed by atoms with E-state index in [1.165, 1.54) is 0 Å². The zero-order valence-corrected chi connectivity index (χ0v) is 14.7. The molecular formula is C19H21N7. The van der Waals surface area contributed by atoms with Crippen molar-refractivity contribution >= 4 is 17.6 Å². The summed E-state index contributed by atoms with van der Waals surface area (Å²) in [5.41, 5.74) is 1.97. The Kier molecular flexibility index (Phi) is 4.68. The third-order valence-electron chi connectivity index (χ3n) is 4.49. The van der Waals surface area contributed by atoms with Gasteiger partial charge < -0.3 is 10.2 Å². The third kappa shape index (κ3) is 3.77. The number of aryl methyl sites for hydroxylation is 1. The van der Waals surface area contributed by atoms with Crippen LogP contribution in [-0.4, -0.2) is 38.0 Å². The summed E-state index contributed by atoms with van der Waals surface area (Å²) in [4.78, 5) is 24.5. The Bertz CT molecular complexity index is 851. The fourth-order valence-electron chi connectivity index (χ4n) is 3.21. The zero-order valence-electron chi connectivity index (χ0n) is 14.7. The zero-order chi connectivity index (χ0) is 17.8. The molecule has 1 N–H and O–H groups in total. The molecule has 7 heteroatoms. The molecule has 1 aliphatic rings. The molecule has 1 aliphatic heterocycles. The van der Waals surface area contributed by atoms with Gasteiger partial charge in [0.25, 0.3) is 0 Å². The first-order chi connectivity index (χ1) is 12.8. The van der Waals surface area contributed by atoms with Crippen LogP contribution in [0.2, 0.25) is 0 Å². The highest BCUT2D eigenvalue weighted by Gasteiger charge is 2.24. The minimum absolute atomic E-state index is 0.339. The summed E-state index contributed by atoms with van der Waals surface area (Å²) in [5, 5.41) is 3.19. The van der Waals surface area contributed by atoms with Crippen LogP contribution in [0.25, 0.3) is 0 Å². The van der Waals surface area contributed by atoms with Crippen LogP contribution < -0.4 is 10.2 Å². The van der Waals surface area contributed by atoms with Crippen LogP contribution in [0.1, 0.15) is 30.1 Å². The van der Waals surface area contributed by atoms with Gasteiger partial charge in [-0.05, 0) is 38.0 Å². The van der Waals surface area contributed by atoms with Crippen LogP contribution in [0.4, 0.5) is 17.6 Å². The fraction of sp³-hybridized carbons (Fsp3) is 0.316. The van der Waals surface area contributed by atoms with E-state index in [9.17, 15) is 0 Å². The van der Waals surface area contributed by atoms with Gasteiger partial charge >= 0.3 is 0 Å². The van der Waals surface area contributed by atoms with Crippen LogP contribution in [-0.2, 0) is 0 Å². The summed E-state index contributed by atoms with van der Waals surface area (Å²) in [6.07, 6.45) is 9.40. The summed E-state index contributed by atoms with van der Waals surface area (Å²) in [6, 6.07) is 7.69. The number of nitrogens with zero attached hydrogens (tertiary/aromatic N) is 6. The topological polar surface area (TPSA) is 79.7 Å². The molecule has 26 heavy (non-hydrogen) atoms. The molecule has 0 aromatic carbocycles. The smallest absolute Gasteiger partial charge is 0.225 e. The van der Waals surface area contributed by atoms with Crippen molar-refractivity contribution in [1.82, 2.24) is 24.9 Å². The molecule has 1 atom stereocenters. The highest BCUT2D eigenvalue weighted by molar-refractivity contribution is 5.50. The second-order valence-corrected chi connectivity index (χ2v) is 6.45. The lowest BCUT2D eigenvalue weighted by Crippen LogP contribution is -2.35. The van der Waals surface area contributed by atoms with Crippen LogP contribution in [0.3, 0.4) is 0 Å². The van der Waals surface area contributed by atoms with Crippen LogP contribution in [0.15, 0.2) is 49.1 Å². The molecular weight excluding hydrogens is 326 g/mol. The van der Waals surface area contributed by atoms with Gasteiger partial charge in [-0.3, -0.25) is 4.98 Å². The fourth-order valence-corrected chi connectivity index (χ4v) is 3.21. The van der Waals surface area contributed by atoms with E-state index in [1.54, 1.807) is 18.6 Å². The van der Waals surface area contributed by atoms with Crippen molar-refractivity contribution in [2.24, 2.45) is 0 Å². The van der Waals surface area contributed by atoms with Gasteiger partial charge in [-0.1, -0.05) is 6.07 Å². The van der Waals surface area contributed by atoms with Gasteiger partial charge in [-0.15, -0.1) is 0 Å². The minimum atomic E-state index is 0.339. The monoisotopic (exact) mass is 347 g/mol. The van der Waals surface area contributed by atoms with Crippen molar-refractivity contribution in [3.63, 3.8) is 0 Å². The number of hydrogen-bond acceptors (Lipinski definition) is 7. The predicted octanol–water partition coefficient (Wildman–Crippen LogP) is 3.10. The number of hydrogen-bond donors (Lipinski definition) is 1. The average molecular weight is 347 g/mol. The molecule has 0 spiro atoms. The molecule has 1 fully saturated rings. The highest BCUT2D eigenvalue weighted by atomic mass is 15.3. The van der Waals surface area contributed by atoms with E-state index >= 15 is 0 Å². The average Bonchev–Trinajstić information content (AvgIpc) is 2.69. The molecule has 7 nitrogen and oxygen atoms in total. The van der Waals surface area contributed by atoms with Crippen molar-refractivity contribution < 1.29 is 0 Å². The van der Waals surface area contributed by atoms with E-state index in [2.05, 4.69) is 35.1 Å². The van der Waals surface area contributed by atoms with E-state index in [1.807, 2.05) is 37.4 Å². The molecule has 1 saturated heterocycles. The Balaban J connectivity index is 1.44. The lowest BCUT2D eigenvalue weighted by molar-refractivity contribution is 0.494. The van der Waals surface area contributed by atoms with Gasteiger partial charge in [0.15, 0.2) is 0 Å². The molecule has 3 aromatic heterocycles. The molecule has 1 unspecified atom stereocenters. The molecule has 0 radical (unpaired) electrons. The predicted molar refractivity (Wildman–Crippen MR) is 101 cm³/mol. The van der Waals surface area contributed by atoms with E-state index in [4.69, 9.17) is 0 Å². The van der Waals surface area contributed by atoms with Gasteiger partial charge in [0.1, 0.15) is 11.6 Å². The largest absolute Gasteiger partial charge is 0.340 e. The van der Waals surface area contributed by atoms with Crippen molar-refractivity contribution in [3.8, 4) is 0 Å². The molecule has 4 rings (SSSR count). The molecule has 4 heterocycles.